The maximum Gasteiger partial charge on any atom is 0.410 e. The second-order valence-electron chi connectivity index (χ2n) is 9.05. The van der Waals surface area contributed by atoms with Crippen molar-refractivity contribution < 1.29 is 28.7 Å². The zero-order chi connectivity index (χ0) is 21.5. The summed E-state index contributed by atoms with van der Waals surface area (Å²) in [5.74, 6) is 0.340. The summed E-state index contributed by atoms with van der Waals surface area (Å²) < 4.78 is 10.3. The van der Waals surface area contributed by atoms with Crippen molar-refractivity contribution in [2.75, 3.05) is 26.2 Å². The average molecular weight is 431 g/mol. The van der Waals surface area contributed by atoms with Crippen LogP contribution in [0.15, 0.2) is 0 Å². The maximum atomic E-state index is 11.5. The first-order chi connectivity index (χ1) is 12.8. The van der Waals surface area contributed by atoms with E-state index in [9.17, 15) is 19.2 Å². The average Bonchev–Trinajstić information content (AvgIpc) is 2.53. The zero-order valence-electron chi connectivity index (χ0n) is 18.0. The number of carbonyl (C=O) groups excluding carboxylic acids is 4. The Bertz CT molecular complexity index is 579. The second-order valence-corrected chi connectivity index (χ2v) is 9.05. The highest BCUT2D eigenvalue weighted by Gasteiger charge is 2.26. The molecule has 0 aliphatic carbocycles. The molecule has 0 aromatic carbocycles. The molecule has 2 aliphatic rings. The molecule has 2 amide bonds. The van der Waals surface area contributed by atoms with Crippen molar-refractivity contribution >= 4 is 23.8 Å². The number of ketones is 2. The summed E-state index contributed by atoms with van der Waals surface area (Å²) in [6.45, 7) is 12.8. The third kappa shape index (κ3) is 12.4. The van der Waals surface area contributed by atoms with Gasteiger partial charge in [-0.15, -0.1) is 0 Å². The van der Waals surface area contributed by atoms with Crippen molar-refractivity contribution in [2.45, 2.75) is 93.3 Å². The van der Waals surface area contributed by atoms with Gasteiger partial charge in [-0.1, -0.05) is 14.9 Å². The van der Waals surface area contributed by atoms with Gasteiger partial charge in [-0.25, -0.2) is 9.59 Å². The van der Waals surface area contributed by atoms with E-state index in [1.54, 1.807) is 4.90 Å². The minimum absolute atomic E-state index is 0. The molecular weight excluding hydrogens is 388 g/mol. The van der Waals surface area contributed by atoms with E-state index in [0.29, 0.717) is 38.9 Å². The van der Waals surface area contributed by atoms with Crippen LogP contribution in [0, 0.1) is 0 Å². The van der Waals surface area contributed by atoms with E-state index in [1.807, 2.05) is 41.5 Å². The first-order valence-electron chi connectivity index (χ1n) is 9.76. The molecule has 2 rings (SSSR count). The number of likely N-dealkylation sites (tertiary alicyclic amines) is 2. The van der Waals surface area contributed by atoms with Crippen LogP contribution in [0.2, 0.25) is 0 Å². The minimum Gasteiger partial charge on any atom is -0.444 e. The van der Waals surface area contributed by atoms with Crippen molar-refractivity contribution in [3.8, 4) is 0 Å². The molecule has 0 radical (unpaired) electrons. The van der Waals surface area contributed by atoms with Crippen LogP contribution in [0.4, 0.5) is 9.59 Å². The van der Waals surface area contributed by atoms with Crippen LogP contribution in [0.5, 0.6) is 0 Å². The Morgan fingerprint density at radius 1 is 0.700 bits per heavy atom. The number of nitrogens with zero attached hydrogens (tertiary/aromatic N) is 2. The Labute approximate surface area is 182 Å². The number of hydrogen-bond acceptors (Lipinski definition) is 6. The van der Waals surface area contributed by atoms with Crippen molar-refractivity contribution in [3.63, 3.8) is 0 Å². The van der Waals surface area contributed by atoms with E-state index in [-0.39, 0.29) is 45.2 Å². The zero-order valence-corrected chi connectivity index (χ0v) is 18.0. The number of amides is 2. The molecule has 2 saturated heterocycles. The van der Waals surface area contributed by atoms with Crippen molar-refractivity contribution in [2.24, 2.45) is 0 Å². The topological polar surface area (TPSA) is 93.2 Å². The highest BCUT2D eigenvalue weighted by Crippen LogP contribution is 2.14. The Hall–Kier alpha value is -2.12. The fourth-order valence-corrected chi connectivity index (χ4v) is 2.59. The Morgan fingerprint density at radius 2 is 1.13 bits per heavy atom. The number of rotatable bonds is 0. The van der Waals surface area contributed by atoms with Gasteiger partial charge >= 0.3 is 12.2 Å². The molecule has 8 heteroatoms. The first kappa shape index (κ1) is 30.1. The predicted molar refractivity (Wildman–Crippen MR) is 118 cm³/mol. The van der Waals surface area contributed by atoms with Gasteiger partial charge in [-0.3, -0.25) is 9.59 Å². The Kier molecular flexibility index (Phi) is 12.6. The monoisotopic (exact) mass is 430 g/mol. The molecule has 2 fully saturated rings. The smallest absolute Gasteiger partial charge is 0.410 e. The molecule has 0 aromatic rings. The normalized spacial score (nSPS) is 17.0. The van der Waals surface area contributed by atoms with Crippen LogP contribution in [0.3, 0.4) is 0 Å². The molecule has 0 bridgehead atoms. The van der Waals surface area contributed by atoms with Crippen LogP contribution in [-0.4, -0.2) is 70.9 Å². The quantitative estimate of drug-likeness (QED) is 0.564. The lowest BCUT2D eigenvalue weighted by Crippen LogP contribution is -2.43. The highest BCUT2D eigenvalue weighted by molar-refractivity contribution is 5.85. The summed E-state index contributed by atoms with van der Waals surface area (Å²) >= 11 is 0. The number of carbonyl (C=O) groups is 4. The van der Waals surface area contributed by atoms with E-state index >= 15 is 0 Å². The third-order valence-electron chi connectivity index (χ3n) is 3.88. The molecule has 0 atom stereocenters. The molecule has 176 valence electrons. The summed E-state index contributed by atoms with van der Waals surface area (Å²) in [5, 5.41) is 0. The van der Waals surface area contributed by atoms with Crippen LogP contribution < -0.4 is 0 Å². The van der Waals surface area contributed by atoms with E-state index in [0.717, 1.165) is 6.42 Å². The molecule has 0 spiro atoms. The highest BCUT2D eigenvalue weighted by atomic mass is 16.6. The largest absolute Gasteiger partial charge is 0.444 e. The summed E-state index contributed by atoms with van der Waals surface area (Å²) in [7, 11) is 0. The Balaban J connectivity index is 0. The fraction of sp³-hybridized carbons (Fsp3) is 0.818. The van der Waals surface area contributed by atoms with Gasteiger partial charge in [0.2, 0.25) is 0 Å². The molecule has 8 nitrogen and oxygen atoms in total. The number of Topliss-reactive ketones (excluding diaryl/α,β-unsaturated/α-hetero) is 2. The molecule has 0 N–H and O–H groups in total. The lowest BCUT2D eigenvalue weighted by Gasteiger charge is -2.29. The summed E-state index contributed by atoms with van der Waals surface area (Å²) in [5.41, 5.74) is -0.948. The van der Waals surface area contributed by atoms with E-state index < -0.39 is 11.2 Å². The van der Waals surface area contributed by atoms with Gasteiger partial charge in [0.25, 0.3) is 0 Å². The van der Waals surface area contributed by atoms with Gasteiger partial charge in [-0.2, -0.15) is 0 Å². The molecule has 0 unspecified atom stereocenters. The van der Waals surface area contributed by atoms with Gasteiger partial charge in [0.1, 0.15) is 17.0 Å². The number of ether oxygens (including phenoxy) is 2. The molecule has 0 aromatic heterocycles. The van der Waals surface area contributed by atoms with Gasteiger partial charge in [0, 0.05) is 38.9 Å². The van der Waals surface area contributed by atoms with Crippen LogP contribution in [-0.2, 0) is 19.1 Å². The predicted octanol–water partition coefficient (Wildman–Crippen LogP) is 4.45. The lowest BCUT2D eigenvalue weighted by molar-refractivity contribution is -0.122. The molecule has 2 aliphatic heterocycles. The molecular formula is C22H42N2O6. The van der Waals surface area contributed by atoms with E-state index in [1.165, 1.54) is 4.90 Å². The SMILES string of the molecule is C.C.CC(C)(C)OC(=O)N1CCC(=O)CC1.CC(C)(C)OC(=O)N1CCCC(=O)C1. The van der Waals surface area contributed by atoms with E-state index in [4.69, 9.17) is 9.47 Å². The molecule has 30 heavy (non-hydrogen) atoms. The first-order valence-corrected chi connectivity index (χ1v) is 9.76. The standard InChI is InChI=1S/2C10H17NO3.2CH4/c1-10(2,3)14-9(13)11-6-4-8(12)5-7-11;1-10(2,3)14-9(13)11-6-4-5-8(12)7-11;;/h2*4-7H2,1-3H3;2*1H4. The van der Waals surface area contributed by atoms with Crippen LogP contribution in [0.25, 0.3) is 0 Å². The van der Waals surface area contributed by atoms with Crippen molar-refractivity contribution in [3.05, 3.63) is 0 Å². The molecule has 0 saturated carbocycles. The van der Waals surface area contributed by atoms with Gasteiger partial charge in [0.15, 0.2) is 5.78 Å². The third-order valence-corrected chi connectivity index (χ3v) is 3.88. The van der Waals surface area contributed by atoms with Crippen LogP contribution in [0.1, 0.15) is 82.1 Å². The van der Waals surface area contributed by atoms with Crippen molar-refractivity contribution in [1.29, 1.82) is 0 Å². The minimum atomic E-state index is -0.489. The maximum absolute atomic E-state index is 11.5. The molecule has 2 heterocycles. The lowest BCUT2D eigenvalue weighted by atomic mass is 10.1. The summed E-state index contributed by atoms with van der Waals surface area (Å²) in [4.78, 5) is 48.1. The summed E-state index contributed by atoms with van der Waals surface area (Å²) in [6, 6.07) is 0. The van der Waals surface area contributed by atoms with Gasteiger partial charge < -0.3 is 19.3 Å². The van der Waals surface area contributed by atoms with Crippen molar-refractivity contribution in [1.82, 2.24) is 9.80 Å². The Morgan fingerprint density at radius 3 is 1.53 bits per heavy atom. The summed E-state index contributed by atoms with van der Waals surface area (Å²) in [6.07, 6.45) is 1.55. The fourth-order valence-electron chi connectivity index (χ4n) is 2.59. The number of hydrogen-bond donors (Lipinski definition) is 0. The number of piperidine rings is 2. The van der Waals surface area contributed by atoms with E-state index in [2.05, 4.69) is 0 Å². The second kappa shape index (κ2) is 12.5. The van der Waals surface area contributed by atoms with Gasteiger partial charge in [-0.05, 0) is 48.0 Å². The van der Waals surface area contributed by atoms with Gasteiger partial charge in [0.05, 0.1) is 6.54 Å². The van der Waals surface area contributed by atoms with Crippen LogP contribution >= 0.6 is 0 Å².